The van der Waals surface area contributed by atoms with Crippen molar-refractivity contribution >= 4 is 23.1 Å². The maximum atomic E-state index is 9.33. The van der Waals surface area contributed by atoms with E-state index in [9.17, 15) is 5.11 Å². The summed E-state index contributed by atoms with van der Waals surface area (Å²) in [5, 5.41) is 13.4. The molecule has 0 unspecified atom stereocenters. The van der Waals surface area contributed by atoms with Gasteiger partial charge in [-0.1, -0.05) is 28.2 Å². The van der Waals surface area contributed by atoms with E-state index < -0.39 is 0 Å². The standard InChI is InChI=1S/C14H16ClN3OS/c15-14-13(16-17-20-14)9-18-7-5-11(6-8-18)10-1-3-12(19)4-2-10/h1-4,11,19H,5-9H2. The van der Waals surface area contributed by atoms with E-state index >= 15 is 0 Å². The van der Waals surface area contributed by atoms with Gasteiger partial charge >= 0.3 is 0 Å². The van der Waals surface area contributed by atoms with Crippen molar-refractivity contribution in [3.63, 3.8) is 0 Å². The van der Waals surface area contributed by atoms with Crippen LogP contribution >= 0.6 is 23.1 Å². The number of aromatic hydroxyl groups is 1. The summed E-state index contributed by atoms with van der Waals surface area (Å²) >= 11 is 7.29. The van der Waals surface area contributed by atoms with Crippen LogP contribution in [0.3, 0.4) is 0 Å². The van der Waals surface area contributed by atoms with Crippen LogP contribution in [0.25, 0.3) is 0 Å². The SMILES string of the molecule is Oc1ccc(C2CCN(Cc3nnsc3Cl)CC2)cc1. The lowest BCUT2D eigenvalue weighted by molar-refractivity contribution is 0.202. The van der Waals surface area contributed by atoms with Gasteiger partial charge in [-0.15, -0.1) is 5.10 Å². The molecule has 106 valence electrons. The minimum Gasteiger partial charge on any atom is -0.508 e. The fourth-order valence-corrected chi connectivity index (χ4v) is 3.29. The second-order valence-corrected chi connectivity index (χ2v) is 6.49. The molecular weight excluding hydrogens is 294 g/mol. The number of nitrogens with zero attached hydrogens (tertiary/aromatic N) is 3. The summed E-state index contributed by atoms with van der Waals surface area (Å²) in [5.41, 5.74) is 2.20. The summed E-state index contributed by atoms with van der Waals surface area (Å²) in [7, 11) is 0. The molecule has 2 heterocycles. The van der Waals surface area contributed by atoms with E-state index in [1.165, 1.54) is 17.1 Å². The molecule has 2 aromatic rings. The molecule has 1 N–H and O–H groups in total. The summed E-state index contributed by atoms with van der Waals surface area (Å²) in [6.45, 7) is 2.87. The van der Waals surface area contributed by atoms with Gasteiger partial charge in [0.1, 0.15) is 15.8 Å². The molecule has 1 aliphatic rings. The van der Waals surface area contributed by atoms with E-state index in [0.29, 0.717) is 16.0 Å². The van der Waals surface area contributed by atoms with Crippen LogP contribution in [0.5, 0.6) is 5.75 Å². The van der Waals surface area contributed by atoms with Crippen LogP contribution < -0.4 is 0 Å². The first-order chi connectivity index (χ1) is 9.72. The lowest BCUT2D eigenvalue weighted by atomic mass is 9.89. The molecule has 0 bridgehead atoms. The van der Waals surface area contributed by atoms with Gasteiger partial charge in [-0.3, -0.25) is 4.90 Å². The molecule has 4 nitrogen and oxygen atoms in total. The van der Waals surface area contributed by atoms with Crippen molar-refractivity contribution in [3.8, 4) is 5.75 Å². The molecule has 20 heavy (non-hydrogen) atoms. The quantitative estimate of drug-likeness (QED) is 0.945. The molecule has 6 heteroatoms. The maximum Gasteiger partial charge on any atom is 0.138 e. The summed E-state index contributed by atoms with van der Waals surface area (Å²) < 4.78 is 4.57. The number of aromatic nitrogens is 2. The van der Waals surface area contributed by atoms with E-state index in [0.717, 1.165) is 38.2 Å². The lowest BCUT2D eigenvalue weighted by Crippen LogP contribution is -2.32. The van der Waals surface area contributed by atoms with Crippen LogP contribution in [0.2, 0.25) is 4.34 Å². The summed E-state index contributed by atoms with van der Waals surface area (Å²) in [5.74, 6) is 0.910. The first kappa shape index (κ1) is 13.8. The Morgan fingerprint density at radius 2 is 1.95 bits per heavy atom. The third-order valence-corrected chi connectivity index (χ3v) is 4.82. The highest BCUT2D eigenvalue weighted by molar-refractivity contribution is 7.10. The summed E-state index contributed by atoms with van der Waals surface area (Å²) in [6.07, 6.45) is 2.25. The van der Waals surface area contributed by atoms with E-state index in [1.54, 1.807) is 12.1 Å². The zero-order valence-corrected chi connectivity index (χ0v) is 12.6. The van der Waals surface area contributed by atoms with Crippen LogP contribution in [0.4, 0.5) is 0 Å². The molecule has 0 atom stereocenters. The van der Waals surface area contributed by atoms with Crippen molar-refractivity contribution in [1.82, 2.24) is 14.5 Å². The van der Waals surface area contributed by atoms with Crippen LogP contribution in [0, 0.1) is 0 Å². The molecule has 0 amide bonds. The van der Waals surface area contributed by atoms with Crippen LogP contribution in [-0.4, -0.2) is 32.7 Å². The van der Waals surface area contributed by atoms with Gasteiger partial charge in [0, 0.05) is 18.1 Å². The van der Waals surface area contributed by atoms with Gasteiger partial charge in [-0.05, 0) is 49.5 Å². The van der Waals surface area contributed by atoms with Gasteiger partial charge in [0.15, 0.2) is 0 Å². The molecule has 0 radical (unpaired) electrons. The number of phenols is 1. The first-order valence-corrected chi connectivity index (χ1v) is 7.85. The molecule has 1 fully saturated rings. The van der Waals surface area contributed by atoms with Crippen molar-refractivity contribution in [3.05, 3.63) is 39.9 Å². The molecule has 0 saturated carbocycles. The topological polar surface area (TPSA) is 49.2 Å². The molecule has 3 rings (SSSR count). The minimum atomic E-state index is 0.330. The molecule has 0 spiro atoms. The van der Waals surface area contributed by atoms with Crippen LogP contribution in [-0.2, 0) is 6.54 Å². The van der Waals surface area contributed by atoms with Crippen molar-refractivity contribution in [2.45, 2.75) is 25.3 Å². The largest absolute Gasteiger partial charge is 0.508 e. The Morgan fingerprint density at radius 1 is 1.25 bits per heavy atom. The Morgan fingerprint density at radius 3 is 2.55 bits per heavy atom. The second-order valence-electron chi connectivity index (χ2n) is 5.14. The fraction of sp³-hybridized carbons (Fsp3) is 0.429. The molecule has 1 aromatic heterocycles. The Labute approximate surface area is 127 Å². The van der Waals surface area contributed by atoms with Crippen molar-refractivity contribution < 1.29 is 5.11 Å². The number of rotatable bonds is 3. The Balaban J connectivity index is 1.57. The average Bonchev–Trinajstić information content (AvgIpc) is 2.86. The van der Waals surface area contributed by atoms with Gasteiger partial charge < -0.3 is 5.11 Å². The van der Waals surface area contributed by atoms with Crippen molar-refractivity contribution in [2.75, 3.05) is 13.1 Å². The predicted molar refractivity (Wildman–Crippen MR) is 80.3 cm³/mol. The Kier molecular flexibility index (Phi) is 4.19. The van der Waals surface area contributed by atoms with Crippen molar-refractivity contribution in [1.29, 1.82) is 0 Å². The first-order valence-electron chi connectivity index (χ1n) is 6.70. The molecule has 1 aliphatic heterocycles. The summed E-state index contributed by atoms with van der Waals surface area (Å²) in [6, 6.07) is 7.58. The zero-order chi connectivity index (χ0) is 13.9. The smallest absolute Gasteiger partial charge is 0.138 e. The van der Waals surface area contributed by atoms with E-state index in [2.05, 4.69) is 14.5 Å². The fourth-order valence-electron chi connectivity index (χ4n) is 2.67. The Hall–Kier alpha value is -1.17. The van der Waals surface area contributed by atoms with Gasteiger partial charge in [-0.2, -0.15) is 0 Å². The highest BCUT2D eigenvalue weighted by Gasteiger charge is 2.22. The van der Waals surface area contributed by atoms with Crippen LogP contribution in [0.1, 0.15) is 30.0 Å². The number of likely N-dealkylation sites (tertiary alicyclic amines) is 1. The van der Waals surface area contributed by atoms with Crippen LogP contribution in [0.15, 0.2) is 24.3 Å². The number of halogens is 1. The highest BCUT2D eigenvalue weighted by atomic mass is 35.5. The Bertz CT molecular complexity index is 564. The normalized spacial score (nSPS) is 17.4. The van der Waals surface area contributed by atoms with E-state index in [4.69, 9.17) is 11.6 Å². The second kappa shape index (κ2) is 6.08. The summed E-state index contributed by atoms with van der Waals surface area (Å²) in [4.78, 5) is 2.37. The number of piperidine rings is 1. The zero-order valence-electron chi connectivity index (χ0n) is 11.0. The molecule has 0 aliphatic carbocycles. The minimum absolute atomic E-state index is 0.330. The van der Waals surface area contributed by atoms with Gasteiger partial charge in [-0.25, -0.2) is 0 Å². The number of phenolic OH excluding ortho intramolecular Hbond substituents is 1. The molecule has 1 saturated heterocycles. The van der Waals surface area contributed by atoms with E-state index in [-0.39, 0.29) is 0 Å². The maximum absolute atomic E-state index is 9.33. The third-order valence-electron chi connectivity index (χ3n) is 3.83. The number of hydrogen-bond acceptors (Lipinski definition) is 5. The monoisotopic (exact) mass is 309 g/mol. The number of benzene rings is 1. The average molecular weight is 310 g/mol. The number of hydrogen-bond donors (Lipinski definition) is 1. The molecular formula is C14H16ClN3OS. The van der Waals surface area contributed by atoms with Gasteiger partial charge in [0.2, 0.25) is 0 Å². The van der Waals surface area contributed by atoms with E-state index in [1.807, 2.05) is 12.1 Å². The third kappa shape index (κ3) is 3.11. The highest BCUT2D eigenvalue weighted by Crippen LogP contribution is 2.30. The van der Waals surface area contributed by atoms with Crippen molar-refractivity contribution in [2.24, 2.45) is 0 Å². The van der Waals surface area contributed by atoms with Gasteiger partial charge in [0.05, 0.1) is 0 Å². The molecule has 1 aromatic carbocycles. The predicted octanol–water partition coefficient (Wildman–Crippen LogP) is 3.28. The van der Waals surface area contributed by atoms with Gasteiger partial charge in [0.25, 0.3) is 0 Å². The lowest BCUT2D eigenvalue weighted by Gasteiger charge is -2.31.